The first-order valence-electron chi connectivity index (χ1n) is 7.08. The predicted octanol–water partition coefficient (Wildman–Crippen LogP) is 2.78. The molecule has 0 fully saturated rings. The molecule has 0 saturated heterocycles. The van der Waals surface area contributed by atoms with Crippen LogP contribution in [0.3, 0.4) is 0 Å². The van der Waals surface area contributed by atoms with Gasteiger partial charge in [-0.15, -0.1) is 0 Å². The molecule has 6 nitrogen and oxygen atoms in total. The Morgan fingerprint density at radius 2 is 1.50 bits per heavy atom. The van der Waals surface area contributed by atoms with E-state index in [1.165, 1.54) is 18.2 Å². The summed E-state index contributed by atoms with van der Waals surface area (Å²) in [4.78, 5) is 35.1. The Morgan fingerprint density at radius 1 is 0.875 bits per heavy atom. The lowest BCUT2D eigenvalue weighted by molar-refractivity contribution is 0.0686. The van der Waals surface area contributed by atoms with Crippen LogP contribution in [0, 0.1) is 0 Å². The molecule has 120 valence electrons. The minimum Gasteiger partial charge on any atom is -0.478 e. The molecular formula is C18H12O6. The van der Waals surface area contributed by atoms with E-state index in [0.717, 1.165) is 0 Å². The molecule has 0 spiro atoms. The van der Waals surface area contributed by atoms with E-state index in [1.807, 2.05) is 0 Å². The van der Waals surface area contributed by atoms with E-state index in [4.69, 9.17) is 4.42 Å². The van der Waals surface area contributed by atoms with Crippen LogP contribution in [-0.4, -0.2) is 22.2 Å². The highest BCUT2D eigenvalue weighted by molar-refractivity contribution is 6.04. The van der Waals surface area contributed by atoms with Crippen LogP contribution in [0.15, 0.2) is 57.7 Å². The first-order valence-corrected chi connectivity index (χ1v) is 7.08. The summed E-state index contributed by atoms with van der Waals surface area (Å²) in [5.41, 5.74) is -0.389. The van der Waals surface area contributed by atoms with Crippen molar-refractivity contribution in [1.29, 1.82) is 0 Å². The second-order valence-electron chi connectivity index (χ2n) is 5.18. The molecule has 0 aliphatic carbocycles. The third kappa shape index (κ3) is 2.65. The third-order valence-electron chi connectivity index (χ3n) is 3.72. The fourth-order valence-electron chi connectivity index (χ4n) is 2.66. The van der Waals surface area contributed by atoms with E-state index in [2.05, 4.69) is 0 Å². The topological polar surface area (TPSA) is 105 Å². The van der Waals surface area contributed by atoms with Crippen LogP contribution in [0.25, 0.3) is 10.8 Å². The smallest absolute Gasteiger partial charge is 0.343 e. The molecule has 0 saturated carbocycles. The van der Waals surface area contributed by atoms with Crippen molar-refractivity contribution >= 4 is 22.7 Å². The Hall–Kier alpha value is -3.41. The first kappa shape index (κ1) is 15.5. The summed E-state index contributed by atoms with van der Waals surface area (Å²) in [5.74, 6) is -2.44. The van der Waals surface area contributed by atoms with Crippen molar-refractivity contribution in [1.82, 2.24) is 0 Å². The first-order chi connectivity index (χ1) is 11.5. The van der Waals surface area contributed by atoms with Crippen molar-refractivity contribution in [2.45, 2.75) is 6.42 Å². The number of carboxylic acids is 2. The zero-order chi connectivity index (χ0) is 17.3. The highest BCUT2D eigenvalue weighted by Crippen LogP contribution is 2.23. The van der Waals surface area contributed by atoms with Gasteiger partial charge in [-0.25, -0.2) is 14.4 Å². The van der Waals surface area contributed by atoms with Crippen LogP contribution in [-0.2, 0) is 6.42 Å². The van der Waals surface area contributed by atoms with Gasteiger partial charge in [0.25, 0.3) is 0 Å². The van der Waals surface area contributed by atoms with Crippen LogP contribution < -0.4 is 5.63 Å². The maximum atomic E-state index is 12.1. The molecule has 0 bridgehead atoms. The van der Waals surface area contributed by atoms with Crippen molar-refractivity contribution in [2.24, 2.45) is 0 Å². The molecular weight excluding hydrogens is 312 g/mol. The van der Waals surface area contributed by atoms with Crippen LogP contribution in [0.1, 0.15) is 32.0 Å². The maximum Gasteiger partial charge on any atom is 0.343 e. The summed E-state index contributed by atoms with van der Waals surface area (Å²) in [6, 6.07) is 12.4. The van der Waals surface area contributed by atoms with Gasteiger partial charge in [0.05, 0.1) is 10.9 Å². The molecule has 0 aliphatic heterocycles. The Morgan fingerprint density at radius 3 is 2.17 bits per heavy atom. The molecule has 0 aliphatic rings. The third-order valence-corrected chi connectivity index (χ3v) is 3.72. The standard InChI is InChI=1S/C18H12O6/c19-16(20)11-6-2-1-5-10(11)9-14-15(17(21)22)12-7-3-4-8-13(12)18(23)24-14/h1-8H,9H2,(H,19,20)(H,21,22). The van der Waals surface area contributed by atoms with Gasteiger partial charge in [-0.3, -0.25) is 0 Å². The maximum absolute atomic E-state index is 12.1. The van der Waals surface area contributed by atoms with E-state index in [1.54, 1.807) is 30.3 Å². The van der Waals surface area contributed by atoms with Gasteiger partial charge >= 0.3 is 17.6 Å². The average molecular weight is 324 g/mol. The number of aromatic carboxylic acids is 2. The Balaban J connectivity index is 2.24. The molecule has 0 radical (unpaired) electrons. The molecule has 2 aromatic carbocycles. The Labute approximate surface area is 135 Å². The highest BCUT2D eigenvalue weighted by Gasteiger charge is 2.21. The fraction of sp³-hybridized carbons (Fsp3) is 0.0556. The molecule has 6 heteroatoms. The van der Waals surface area contributed by atoms with Gasteiger partial charge in [0.1, 0.15) is 11.3 Å². The van der Waals surface area contributed by atoms with Gasteiger partial charge in [0.15, 0.2) is 0 Å². The zero-order valence-corrected chi connectivity index (χ0v) is 12.4. The molecule has 3 aromatic rings. The number of hydrogen-bond donors (Lipinski definition) is 2. The summed E-state index contributed by atoms with van der Waals surface area (Å²) in [7, 11) is 0. The highest BCUT2D eigenvalue weighted by atomic mass is 16.4. The monoisotopic (exact) mass is 324 g/mol. The van der Waals surface area contributed by atoms with E-state index in [9.17, 15) is 24.6 Å². The van der Waals surface area contributed by atoms with E-state index >= 15 is 0 Å². The normalized spacial score (nSPS) is 10.7. The average Bonchev–Trinajstić information content (AvgIpc) is 2.55. The van der Waals surface area contributed by atoms with Crippen molar-refractivity contribution in [3.05, 3.63) is 81.4 Å². The van der Waals surface area contributed by atoms with E-state index in [0.29, 0.717) is 5.56 Å². The quantitative estimate of drug-likeness (QED) is 0.764. The molecule has 1 aromatic heterocycles. The minimum absolute atomic E-state index is 0.0321. The lowest BCUT2D eigenvalue weighted by atomic mass is 9.98. The summed E-state index contributed by atoms with van der Waals surface area (Å²) in [6.07, 6.45) is -0.107. The second-order valence-corrected chi connectivity index (χ2v) is 5.18. The Kier molecular flexibility index (Phi) is 3.87. The number of carbonyl (C=O) groups is 2. The van der Waals surface area contributed by atoms with Crippen LogP contribution in [0.2, 0.25) is 0 Å². The molecule has 24 heavy (non-hydrogen) atoms. The lowest BCUT2D eigenvalue weighted by Gasteiger charge is -2.09. The van der Waals surface area contributed by atoms with Crippen molar-refractivity contribution in [2.75, 3.05) is 0 Å². The summed E-state index contributed by atoms with van der Waals surface area (Å²) < 4.78 is 5.19. The molecule has 0 atom stereocenters. The van der Waals surface area contributed by atoms with E-state index < -0.39 is 17.6 Å². The van der Waals surface area contributed by atoms with Gasteiger partial charge < -0.3 is 14.6 Å². The van der Waals surface area contributed by atoms with Gasteiger partial charge in [0, 0.05) is 11.8 Å². The number of fused-ring (bicyclic) bond motifs is 1. The molecule has 3 rings (SSSR count). The van der Waals surface area contributed by atoms with Crippen LogP contribution in [0.4, 0.5) is 0 Å². The number of rotatable bonds is 4. The fourth-order valence-corrected chi connectivity index (χ4v) is 2.66. The van der Waals surface area contributed by atoms with Crippen molar-refractivity contribution < 1.29 is 24.2 Å². The van der Waals surface area contributed by atoms with Gasteiger partial charge in [-0.05, 0) is 17.7 Å². The molecule has 0 amide bonds. The molecule has 0 unspecified atom stereocenters. The Bertz CT molecular complexity index is 1020. The van der Waals surface area contributed by atoms with Crippen molar-refractivity contribution in [3.8, 4) is 0 Å². The summed E-state index contributed by atoms with van der Waals surface area (Å²) in [6.45, 7) is 0. The van der Waals surface area contributed by atoms with E-state index in [-0.39, 0.29) is 34.1 Å². The lowest BCUT2D eigenvalue weighted by Crippen LogP contribution is -2.12. The molecule has 1 heterocycles. The number of hydrogen-bond acceptors (Lipinski definition) is 4. The van der Waals surface area contributed by atoms with Crippen molar-refractivity contribution in [3.63, 3.8) is 0 Å². The number of benzene rings is 2. The second kappa shape index (κ2) is 6.00. The van der Waals surface area contributed by atoms with Crippen LogP contribution >= 0.6 is 0 Å². The summed E-state index contributed by atoms with van der Waals surface area (Å²) in [5, 5.41) is 19.2. The summed E-state index contributed by atoms with van der Waals surface area (Å²) >= 11 is 0. The van der Waals surface area contributed by atoms with Gasteiger partial charge in [0.2, 0.25) is 0 Å². The SMILES string of the molecule is O=C(O)c1ccccc1Cc1oc(=O)c2ccccc2c1C(=O)O. The largest absolute Gasteiger partial charge is 0.478 e. The predicted molar refractivity (Wildman–Crippen MR) is 85.7 cm³/mol. The molecule has 2 N–H and O–H groups in total. The van der Waals surface area contributed by atoms with Crippen LogP contribution in [0.5, 0.6) is 0 Å². The van der Waals surface area contributed by atoms with Gasteiger partial charge in [-0.2, -0.15) is 0 Å². The van der Waals surface area contributed by atoms with Gasteiger partial charge in [-0.1, -0.05) is 36.4 Å². The number of carboxylic acid groups (broad SMARTS) is 2. The zero-order valence-electron chi connectivity index (χ0n) is 12.4. The minimum atomic E-state index is -1.24.